The first-order valence-corrected chi connectivity index (χ1v) is 8.16. The molecule has 2 heteroatoms. The van der Waals surface area contributed by atoms with Crippen LogP contribution in [0, 0.1) is 11.7 Å². The maximum atomic E-state index is 5.43. The molecule has 0 rings (SSSR count). The molecule has 0 atom stereocenters. The van der Waals surface area contributed by atoms with Gasteiger partial charge in [0.25, 0.3) is 0 Å². The fraction of sp³-hybridized carbons (Fsp3) is 0.833. The second kappa shape index (κ2) is 3.98. The van der Waals surface area contributed by atoms with E-state index in [4.69, 9.17) is 4.74 Å². The van der Waals surface area contributed by atoms with Crippen molar-refractivity contribution in [2.45, 2.75) is 65.3 Å². The molecule has 0 radical (unpaired) electrons. The minimum atomic E-state index is -1.49. The van der Waals surface area contributed by atoms with Gasteiger partial charge >= 0.3 is 0 Å². The third-order valence-electron chi connectivity index (χ3n) is 2.60. The lowest BCUT2D eigenvalue weighted by molar-refractivity contribution is 0.0964. The standard InChI is InChI=1S/C12H24OSi/c1-11(2,3)13-9-10-14(7,8)12(4,5)6/h1-8H3. The zero-order chi connectivity index (χ0) is 11.6. The van der Waals surface area contributed by atoms with Gasteiger partial charge in [-0.3, -0.25) is 0 Å². The smallest absolute Gasteiger partial charge is 0.142 e. The lowest BCUT2D eigenvalue weighted by atomic mass is 10.2. The van der Waals surface area contributed by atoms with Gasteiger partial charge in [0, 0.05) is 0 Å². The van der Waals surface area contributed by atoms with Crippen LogP contribution >= 0.6 is 0 Å². The summed E-state index contributed by atoms with van der Waals surface area (Å²) < 4.78 is 5.43. The molecule has 0 aliphatic heterocycles. The predicted octanol–water partition coefficient (Wildman–Crippen LogP) is 3.81. The van der Waals surface area contributed by atoms with Gasteiger partial charge in [-0.15, -0.1) is 0 Å². The first-order valence-electron chi connectivity index (χ1n) is 5.16. The number of ether oxygens (including phenoxy) is 1. The van der Waals surface area contributed by atoms with Crippen molar-refractivity contribution in [1.82, 2.24) is 0 Å². The molecular formula is C12H24OSi. The van der Waals surface area contributed by atoms with Gasteiger partial charge in [0.1, 0.15) is 19.8 Å². The van der Waals surface area contributed by atoms with E-state index in [0.717, 1.165) is 0 Å². The average Bonchev–Trinajstić information content (AvgIpc) is 1.80. The van der Waals surface area contributed by atoms with Gasteiger partial charge in [0.05, 0.1) is 0 Å². The van der Waals surface area contributed by atoms with Crippen molar-refractivity contribution in [2.75, 3.05) is 0 Å². The van der Waals surface area contributed by atoms with Crippen LogP contribution in [0.2, 0.25) is 18.1 Å². The molecule has 0 amide bonds. The van der Waals surface area contributed by atoms with E-state index in [1.807, 2.05) is 20.8 Å². The van der Waals surface area contributed by atoms with Crippen molar-refractivity contribution >= 4 is 8.07 Å². The van der Waals surface area contributed by atoms with Crippen molar-refractivity contribution in [3.8, 4) is 11.7 Å². The summed E-state index contributed by atoms with van der Waals surface area (Å²) >= 11 is 0. The Morgan fingerprint density at radius 2 is 1.36 bits per heavy atom. The molecule has 0 aromatic rings. The number of rotatable bonds is 0. The molecule has 1 nitrogen and oxygen atoms in total. The van der Waals surface area contributed by atoms with E-state index in [1.54, 1.807) is 0 Å². The van der Waals surface area contributed by atoms with Gasteiger partial charge < -0.3 is 4.74 Å². The van der Waals surface area contributed by atoms with Crippen molar-refractivity contribution in [3.63, 3.8) is 0 Å². The third kappa shape index (κ3) is 4.71. The molecule has 0 aliphatic rings. The Morgan fingerprint density at radius 3 is 1.64 bits per heavy atom. The Balaban J connectivity index is 4.52. The van der Waals surface area contributed by atoms with Gasteiger partial charge in [0.15, 0.2) is 0 Å². The normalized spacial score (nSPS) is 13.1. The fourth-order valence-electron chi connectivity index (χ4n) is 0.494. The predicted molar refractivity (Wildman–Crippen MR) is 65.8 cm³/mol. The van der Waals surface area contributed by atoms with Gasteiger partial charge in [-0.2, -0.15) is 0 Å². The van der Waals surface area contributed by atoms with E-state index < -0.39 is 8.07 Å². The molecule has 0 saturated heterocycles. The molecule has 0 aromatic heterocycles. The fourth-order valence-corrected chi connectivity index (χ4v) is 1.17. The van der Waals surface area contributed by atoms with Gasteiger partial charge in [0.2, 0.25) is 0 Å². The molecule has 82 valence electrons. The molecule has 0 bridgehead atoms. The molecule has 14 heavy (non-hydrogen) atoms. The topological polar surface area (TPSA) is 9.23 Å². The molecular weight excluding hydrogens is 188 g/mol. The Kier molecular flexibility index (Phi) is 3.86. The molecule has 0 fully saturated rings. The molecule has 0 heterocycles. The van der Waals surface area contributed by atoms with Crippen LogP contribution in [0.1, 0.15) is 41.5 Å². The largest absolute Gasteiger partial charge is 0.441 e. The molecule has 0 N–H and O–H groups in total. The van der Waals surface area contributed by atoms with Crippen LogP contribution < -0.4 is 0 Å². The van der Waals surface area contributed by atoms with Crippen LogP contribution in [-0.4, -0.2) is 13.7 Å². The molecule has 0 unspecified atom stereocenters. The summed E-state index contributed by atoms with van der Waals surface area (Å²) in [4.78, 5) is 0. The van der Waals surface area contributed by atoms with Crippen LogP contribution in [0.25, 0.3) is 0 Å². The summed E-state index contributed by atoms with van der Waals surface area (Å²) in [6.07, 6.45) is 2.88. The zero-order valence-corrected chi connectivity index (χ0v) is 11.9. The monoisotopic (exact) mass is 212 g/mol. The first-order chi connectivity index (χ1) is 5.96. The van der Waals surface area contributed by atoms with E-state index in [2.05, 4.69) is 45.5 Å². The average molecular weight is 212 g/mol. The Morgan fingerprint density at radius 1 is 0.929 bits per heavy atom. The van der Waals surface area contributed by atoms with E-state index in [-0.39, 0.29) is 5.60 Å². The van der Waals surface area contributed by atoms with Crippen LogP contribution in [0.15, 0.2) is 0 Å². The maximum absolute atomic E-state index is 5.43. The lowest BCUT2D eigenvalue weighted by Crippen LogP contribution is -2.35. The van der Waals surface area contributed by atoms with Crippen LogP contribution in [0.3, 0.4) is 0 Å². The highest BCUT2D eigenvalue weighted by molar-refractivity contribution is 6.87. The van der Waals surface area contributed by atoms with E-state index in [1.165, 1.54) is 0 Å². The highest BCUT2D eigenvalue weighted by atomic mass is 28.3. The van der Waals surface area contributed by atoms with Crippen molar-refractivity contribution in [1.29, 1.82) is 0 Å². The molecule has 0 aliphatic carbocycles. The van der Waals surface area contributed by atoms with E-state index >= 15 is 0 Å². The van der Waals surface area contributed by atoms with Crippen LogP contribution in [0.5, 0.6) is 0 Å². The SMILES string of the molecule is CC(C)(C)OC#C[Si](C)(C)C(C)(C)C. The molecule has 0 aromatic carbocycles. The Labute approximate surface area is 90.2 Å². The number of hydrogen-bond acceptors (Lipinski definition) is 1. The number of hydrogen-bond donors (Lipinski definition) is 0. The van der Waals surface area contributed by atoms with Gasteiger partial charge in [-0.1, -0.05) is 39.4 Å². The summed E-state index contributed by atoms with van der Waals surface area (Å²) in [7, 11) is -1.49. The summed E-state index contributed by atoms with van der Waals surface area (Å²) in [6.45, 7) is 17.4. The minimum Gasteiger partial charge on any atom is -0.441 e. The van der Waals surface area contributed by atoms with Gasteiger partial charge in [-0.25, -0.2) is 0 Å². The third-order valence-corrected chi connectivity index (χ3v) is 7.07. The quantitative estimate of drug-likeness (QED) is 0.438. The minimum absolute atomic E-state index is 0.157. The second-order valence-electron chi connectivity index (χ2n) is 6.32. The summed E-state index contributed by atoms with van der Waals surface area (Å²) in [5.41, 5.74) is 3.16. The maximum Gasteiger partial charge on any atom is 0.142 e. The molecule has 0 saturated carbocycles. The second-order valence-corrected chi connectivity index (χ2v) is 11.3. The molecule has 0 spiro atoms. The van der Waals surface area contributed by atoms with E-state index in [9.17, 15) is 0 Å². The summed E-state index contributed by atoms with van der Waals surface area (Å²) in [5, 5.41) is 0.307. The van der Waals surface area contributed by atoms with Crippen molar-refractivity contribution in [2.24, 2.45) is 0 Å². The van der Waals surface area contributed by atoms with E-state index in [0.29, 0.717) is 5.04 Å². The van der Waals surface area contributed by atoms with Crippen LogP contribution in [0.4, 0.5) is 0 Å². The van der Waals surface area contributed by atoms with Crippen molar-refractivity contribution in [3.05, 3.63) is 0 Å². The Bertz CT molecular complexity index is 242. The van der Waals surface area contributed by atoms with Crippen molar-refractivity contribution < 1.29 is 4.74 Å². The zero-order valence-electron chi connectivity index (χ0n) is 10.9. The lowest BCUT2D eigenvalue weighted by Gasteiger charge is -2.31. The Hall–Kier alpha value is -0.423. The highest BCUT2D eigenvalue weighted by Crippen LogP contribution is 2.35. The highest BCUT2D eigenvalue weighted by Gasteiger charge is 2.34. The van der Waals surface area contributed by atoms with Crippen LogP contribution in [-0.2, 0) is 4.74 Å². The van der Waals surface area contributed by atoms with Gasteiger partial charge in [-0.05, 0) is 25.8 Å². The summed E-state index contributed by atoms with van der Waals surface area (Å²) in [5.74, 6) is 0. The summed E-state index contributed by atoms with van der Waals surface area (Å²) in [6, 6.07) is 0. The first kappa shape index (κ1) is 13.6.